The fourth-order valence-electron chi connectivity index (χ4n) is 1.87. The average molecular weight is 269 g/mol. The van der Waals surface area contributed by atoms with Gasteiger partial charge in [0.1, 0.15) is 0 Å². The van der Waals surface area contributed by atoms with Crippen LogP contribution in [0.3, 0.4) is 0 Å². The van der Waals surface area contributed by atoms with Crippen LogP contribution in [-0.2, 0) is 0 Å². The molecule has 1 atom stereocenters. The van der Waals surface area contributed by atoms with Crippen LogP contribution in [0.15, 0.2) is 12.1 Å². The van der Waals surface area contributed by atoms with Crippen LogP contribution in [0, 0.1) is 0 Å². The van der Waals surface area contributed by atoms with Gasteiger partial charge in [-0.25, -0.2) is 0 Å². The molecule has 0 saturated carbocycles. The van der Waals surface area contributed by atoms with Gasteiger partial charge in [-0.05, 0) is 37.6 Å². The Morgan fingerprint density at radius 1 is 1.11 bits per heavy atom. The molecule has 0 radical (unpaired) electrons. The van der Waals surface area contributed by atoms with E-state index >= 15 is 0 Å². The number of nitrogens with one attached hydrogen (secondary N) is 1. The maximum atomic E-state index is 8.79. The van der Waals surface area contributed by atoms with Crippen LogP contribution in [0.5, 0.6) is 17.2 Å². The summed E-state index contributed by atoms with van der Waals surface area (Å²) >= 11 is 0. The molecule has 0 heterocycles. The van der Waals surface area contributed by atoms with E-state index in [0.717, 1.165) is 18.5 Å². The van der Waals surface area contributed by atoms with E-state index in [9.17, 15) is 0 Å². The molecule has 0 spiro atoms. The zero-order valence-corrected chi connectivity index (χ0v) is 12.0. The molecule has 0 aliphatic carbocycles. The van der Waals surface area contributed by atoms with E-state index in [1.54, 1.807) is 21.3 Å². The molecule has 0 aliphatic heterocycles. The second-order valence-corrected chi connectivity index (χ2v) is 4.21. The number of hydrogen-bond donors (Lipinski definition) is 2. The van der Waals surface area contributed by atoms with E-state index in [1.807, 2.05) is 12.1 Å². The Balaban J connectivity index is 2.95. The number of aliphatic hydroxyl groups excluding tert-OH is 1. The van der Waals surface area contributed by atoms with Gasteiger partial charge in [0.15, 0.2) is 11.5 Å². The maximum absolute atomic E-state index is 8.79. The number of rotatable bonds is 8. The highest BCUT2D eigenvalue weighted by atomic mass is 16.5. The van der Waals surface area contributed by atoms with Crippen molar-refractivity contribution in [2.45, 2.75) is 19.4 Å². The quantitative estimate of drug-likeness (QED) is 0.704. The van der Waals surface area contributed by atoms with Crippen LogP contribution >= 0.6 is 0 Å². The van der Waals surface area contributed by atoms with Crippen molar-refractivity contribution in [3.63, 3.8) is 0 Å². The molecule has 0 saturated heterocycles. The normalized spacial score (nSPS) is 12.1. The summed E-state index contributed by atoms with van der Waals surface area (Å²) in [7, 11) is 4.79. The molecule has 19 heavy (non-hydrogen) atoms. The third-order valence-corrected chi connectivity index (χ3v) is 2.97. The summed E-state index contributed by atoms with van der Waals surface area (Å²) in [5.41, 5.74) is 1.05. The summed E-state index contributed by atoms with van der Waals surface area (Å²) in [5, 5.41) is 12.1. The maximum Gasteiger partial charge on any atom is 0.203 e. The van der Waals surface area contributed by atoms with E-state index in [2.05, 4.69) is 12.2 Å². The van der Waals surface area contributed by atoms with Crippen LogP contribution < -0.4 is 19.5 Å². The fourth-order valence-corrected chi connectivity index (χ4v) is 1.87. The van der Waals surface area contributed by atoms with E-state index in [4.69, 9.17) is 19.3 Å². The predicted molar refractivity (Wildman–Crippen MR) is 74.2 cm³/mol. The fraction of sp³-hybridized carbons (Fsp3) is 0.571. The monoisotopic (exact) mass is 269 g/mol. The molecule has 5 nitrogen and oxygen atoms in total. The number of methoxy groups -OCH3 is 3. The minimum atomic E-state index is 0.139. The van der Waals surface area contributed by atoms with Gasteiger partial charge >= 0.3 is 0 Å². The number of hydrogen-bond acceptors (Lipinski definition) is 5. The summed E-state index contributed by atoms with van der Waals surface area (Å²) in [6.45, 7) is 3.00. The predicted octanol–water partition coefficient (Wildman–Crippen LogP) is 1.75. The first kappa shape index (κ1) is 15.6. The zero-order valence-electron chi connectivity index (χ0n) is 12.0. The largest absolute Gasteiger partial charge is 0.493 e. The third kappa shape index (κ3) is 4.01. The molecular weight excluding hydrogens is 246 g/mol. The second-order valence-electron chi connectivity index (χ2n) is 4.21. The van der Waals surface area contributed by atoms with Crippen molar-refractivity contribution in [1.82, 2.24) is 5.32 Å². The van der Waals surface area contributed by atoms with Gasteiger partial charge in [0.2, 0.25) is 5.75 Å². The zero-order chi connectivity index (χ0) is 14.3. The van der Waals surface area contributed by atoms with Crippen LogP contribution in [0.2, 0.25) is 0 Å². The molecule has 0 fully saturated rings. The van der Waals surface area contributed by atoms with Crippen LogP contribution in [0.1, 0.15) is 24.9 Å². The van der Waals surface area contributed by atoms with Gasteiger partial charge in [0, 0.05) is 12.6 Å². The lowest BCUT2D eigenvalue weighted by Crippen LogP contribution is -2.20. The lowest BCUT2D eigenvalue weighted by atomic mass is 10.1. The van der Waals surface area contributed by atoms with Crippen molar-refractivity contribution in [2.75, 3.05) is 34.5 Å². The Morgan fingerprint density at radius 3 is 2.11 bits per heavy atom. The topological polar surface area (TPSA) is 60.0 Å². The van der Waals surface area contributed by atoms with Gasteiger partial charge in [-0.1, -0.05) is 0 Å². The number of aliphatic hydroxyl groups is 1. The van der Waals surface area contributed by atoms with Gasteiger partial charge in [-0.15, -0.1) is 0 Å². The Hall–Kier alpha value is -1.46. The van der Waals surface area contributed by atoms with E-state index in [1.165, 1.54) is 0 Å². The third-order valence-electron chi connectivity index (χ3n) is 2.97. The summed E-state index contributed by atoms with van der Waals surface area (Å²) in [4.78, 5) is 0. The Kier molecular flexibility index (Phi) is 6.45. The molecule has 1 aromatic carbocycles. The molecule has 0 amide bonds. The molecule has 0 bridgehead atoms. The van der Waals surface area contributed by atoms with Gasteiger partial charge < -0.3 is 24.6 Å². The lowest BCUT2D eigenvalue weighted by Gasteiger charge is -2.18. The van der Waals surface area contributed by atoms with Crippen molar-refractivity contribution in [1.29, 1.82) is 0 Å². The highest BCUT2D eigenvalue weighted by molar-refractivity contribution is 5.54. The lowest BCUT2D eigenvalue weighted by molar-refractivity contribution is 0.283. The number of ether oxygens (including phenoxy) is 3. The molecule has 1 rings (SSSR count). The van der Waals surface area contributed by atoms with Crippen molar-refractivity contribution in [3.8, 4) is 17.2 Å². The van der Waals surface area contributed by atoms with E-state index < -0.39 is 0 Å². The summed E-state index contributed by atoms with van der Waals surface area (Å²) in [5.74, 6) is 1.89. The first-order valence-corrected chi connectivity index (χ1v) is 6.32. The van der Waals surface area contributed by atoms with Crippen molar-refractivity contribution in [3.05, 3.63) is 17.7 Å². The Morgan fingerprint density at radius 2 is 1.68 bits per heavy atom. The van der Waals surface area contributed by atoms with Crippen LogP contribution in [0.4, 0.5) is 0 Å². The standard InChI is InChI=1S/C14H23NO4/c1-10(15-6-5-7-16)11-8-12(17-2)14(19-4)13(9-11)18-3/h8-10,15-16H,5-7H2,1-4H3. The van der Waals surface area contributed by atoms with Crippen molar-refractivity contribution >= 4 is 0 Å². The summed E-state index contributed by atoms with van der Waals surface area (Å²) in [6, 6.07) is 4.00. The smallest absolute Gasteiger partial charge is 0.203 e. The Bertz CT molecular complexity index is 370. The highest BCUT2D eigenvalue weighted by Crippen LogP contribution is 2.39. The van der Waals surface area contributed by atoms with E-state index in [0.29, 0.717) is 17.2 Å². The van der Waals surface area contributed by atoms with E-state index in [-0.39, 0.29) is 12.6 Å². The molecule has 2 N–H and O–H groups in total. The van der Waals surface area contributed by atoms with Crippen LogP contribution in [0.25, 0.3) is 0 Å². The molecular formula is C14H23NO4. The minimum absolute atomic E-state index is 0.139. The van der Waals surface area contributed by atoms with Gasteiger partial charge in [-0.3, -0.25) is 0 Å². The average Bonchev–Trinajstić information content (AvgIpc) is 2.45. The summed E-state index contributed by atoms with van der Waals surface area (Å²) in [6.07, 6.45) is 0.731. The first-order valence-electron chi connectivity index (χ1n) is 6.32. The second kappa shape index (κ2) is 7.86. The number of benzene rings is 1. The molecule has 0 aromatic heterocycles. The van der Waals surface area contributed by atoms with Crippen molar-refractivity contribution in [2.24, 2.45) is 0 Å². The van der Waals surface area contributed by atoms with Crippen LogP contribution in [-0.4, -0.2) is 39.6 Å². The van der Waals surface area contributed by atoms with Gasteiger partial charge in [-0.2, -0.15) is 0 Å². The SMILES string of the molecule is COc1cc(C(C)NCCCO)cc(OC)c1OC. The molecule has 1 aromatic rings. The highest BCUT2D eigenvalue weighted by Gasteiger charge is 2.15. The molecule has 108 valence electrons. The van der Waals surface area contributed by atoms with Crippen molar-refractivity contribution < 1.29 is 19.3 Å². The Labute approximate surface area is 114 Å². The minimum Gasteiger partial charge on any atom is -0.493 e. The van der Waals surface area contributed by atoms with Gasteiger partial charge in [0.05, 0.1) is 21.3 Å². The first-order chi connectivity index (χ1) is 9.17. The molecule has 5 heteroatoms. The van der Waals surface area contributed by atoms with Gasteiger partial charge in [0.25, 0.3) is 0 Å². The molecule has 1 unspecified atom stereocenters. The molecule has 0 aliphatic rings. The summed E-state index contributed by atoms with van der Waals surface area (Å²) < 4.78 is 15.9.